The molecule has 0 saturated heterocycles. The van der Waals surface area contributed by atoms with Crippen LogP contribution in [0.25, 0.3) is 0 Å². The van der Waals surface area contributed by atoms with E-state index in [1.54, 1.807) is 0 Å². The largest absolute Gasteiger partial charge is 0.328 e. The minimum atomic E-state index is 0.129. The number of hydrogen-bond donors (Lipinski definition) is 1. The Morgan fingerprint density at radius 3 is 2.82 bits per heavy atom. The van der Waals surface area contributed by atoms with Crippen LogP contribution < -0.4 is 5.73 Å². The van der Waals surface area contributed by atoms with Gasteiger partial charge in [0.05, 0.1) is 6.04 Å². The van der Waals surface area contributed by atoms with Gasteiger partial charge in [0.1, 0.15) is 0 Å². The molecule has 0 radical (unpaired) electrons. The molecule has 3 nitrogen and oxygen atoms in total. The zero-order valence-electron chi connectivity index (χ0n) is 11.1. The third kappa shape index (κ3) is 3.37. The van der Waals surface area contributed by atoms with Crippen molar-refractivity contribution in [2.75, 3.05) is 6.54 Å². The predicted molar refractivity (Wildman–Crippen MR) is 75.8 cm³/mol. The van der Waals surface area contributed by atoms with Crippen molar-refractivity contribution in [1.82, 2.24) is 0 Å². The Kier molecular flexibility index (Phi) is 5.84. The van der Waals surface area contributed by atoms with E-state index in [2.05, 4.69) is 29.9 Å². The molecule has 0 bridgehead atoms. The quantitative estimate of drug-likeness (QED) is 0.729. The summed E-state index contributed by atoms with van der Waals surface area (Å²) < 4.78 is 0. The molecule has 1 unspecified atom stereocenters. The van der Waals surface area contributed by atoms with Gasteiger partial charge in [0, 0.05) is 30.2 Å². The van der Waals surface area contributed by atoms with E-state index >= 15 is 0 Å². The topological polar surface area (TPSA) is 50.7 Å². The zero-order valence-corrected chi connectivity index (χ0v) is 11.1. The molecule has 0 aromatic rings. The van der Waals surface area contributed by atoms with Crippen LogP contribution in [0.5, 0.6) is 0 Å². The average molecular weight is 233 g/mol. The second-order valence-electron chi connectivity index (χ2n) is 4.10. The van der Waals surface area contributed by atoms with E-state index in [4.69, 9.17) is 5.73 Å². The lowest BCUT2D eigenvalue weighted by atomic mass is 9.98. The van der Waals surface area contributed by atoms with E-state index in [0.29, 0.717) is 6.54 Å². The molecule has 1 heterocycles. The maximum atomic E-state index is 5.75. The third-order valence-corrected chi connectivity index (χ3v) is 2.78. The number of rotatable bonds is 5. The number of hydrogen-bond acceptors (Lipinski definition) is 3. The SMILES string of the molecule is CC=N/C(CCC)=C1/C=NC(CN)/C1=C\CC. The Labute approximate surface area is 104 Å². The van der Waals surface area contributed by atoms with Crippen LogP contribution in [-0.4, -0.2) is 25.0 Å². The molecule has 17 heavy (non-hydrogen) atoms. The minimum Gasteiger partial charge on any atom is -0.328 e. The summed E-state index contributed by atoms with van der Waals surface area (Å²) in [6, 6.07) is 0.129. The van der Waals surface area contributed by atoms with Crippen molar-refractivity contribution < 1.29 is 0 Å². The average Bonchev–Trinajstić information content (AvgIpc) is 2.72. The van der Waals surface area contributed by atoms with Gasteiger partial charge in [-0.05, 0) is 25.3 Å². The van der Waals surface area contributed by atoms with Gasteiger partial charge in [0.25, 0.3) is 0 Å². The molecule has 0 aromatic carbocycles. The first kappa shape index (κ1) is 13.8. The van der Waals surface area contributed by atoms with E-state index in [9.17, 15) is 0 Å². The first-order valence-corrected chi connectivity index (χ1v) is 6.43. The summed E-state index contributed by atoms with van der Waals surface area (Å²) in [6.45, 7) is 6.83. The number of nitrogens with two attached hydrogens (primary N) is 1. The number of allylic oxidation sites excluding steroid dienone is 2. The van der Waals surface area contributed by atoms with E-state index in [1.165, 1.54) is 11.1 Å². The summed E-state index contributed by atoms with van der Waals surface area (Å²) in [4.78, 5) is 8.95. The highest BCUT2D eigenvalue weighted by molar-refractivity contribution is 5.90. The highest BCUT2D eigenvalue weighted by Gasteiger charge is 2.22. The molecule has 1 aliphatic rings. The van der Waals surface area contributed by atoms with Gasteiger partial charge in [0.2, 0.25) is 0 Å². The molecule has 0 spiro atoms. The summed E-state index contributed by atoms with van der Waals surface area (Å²) in [5, 5.41) is 0. The smallest absolute Gasteiger partial charge is 0.0875 e. The maximum Gasteiger partial charge on any atom is 0.0875 e. The van der Waals surface area contributed by atoms with E-state index < -0.39 is 0 Å². The second kappa shape index (κ2) is 7.17. The van der Waals surface area contributed by atoms with Crippen LogP contribution >= 0.6 is 0 Å². The van der Waals surface area contributed by atoms with Gasteiger partial charge in [-0.3, -0.25) is 9.98 Å². The molecule has 0 aliphatic carbocycles. The first-order chi connectivity index (χ1) is 8.28. The van der Waals surface area contributed by atoms with Crippen molar-refractivity contribution in [2.45, 2.75) is 46.1 Å². The van der Waals surface area contributed by atoms with Crippen molar-refractivity contribution >= 4 is 12.4 Å². The van der Waals surface area contributed by atoms with Gasteiger partial charge in [0.15, 0.2) is 0 Å². The van der Waals surface area contributed by atoms with Crippen LogP contribution in [0.4, 0.5) is 0 Å². The summed E-state index contributed by atoms with van der Waals surface area (Å²) >= 11 is 0. The molecule has 1 aliphatic heterocycles. The lowest BCUT2D eigenvalue weighted by molar-refractivity contribution is 0.804. The predicted octanol–water partition coefficient (Wildman–Crippen LogP) is 2.88. The van der Waals surface area contributed by atoms with Crippen molar-refractivity contribution in [3.8, 4) is 0 Å². The van der Waals surface area contributed by atoms with E-state index in [-0.39, 0.29) is 6.04 Å². The van der Waals surface area contributed by atoms with E-state index in [0.717, 1.165) is 25.0 Å². The molecule has 0 fully saturated rings. The van der Waals surface area contributed by atoms with Gasteiger partial charge < -0.3 is 5.73 Å². The maximum absolute atomic E-state index is 5.75. The fraction of sp³-hybridized carbons (Fsp3) is 0.571. The Morgan fingerprint density at radius 1 is 1.53 bits per heavy atom. The molecular formula is C14H23N3. The molecule has 94 valence electrons. The fourth-order valence-electron chi connectivity index (χ4n) is 2.06. The summed E-state index contributed by atoms with van der Waals surface area (Å²) in [5.74, 6) is 0. The van der Waals surface area contributed by atoms with Crippen LogP contribution in [0.15, 0.2) is 32.9 Å². The lowest BCUT2D eigenvalue weighted by Crippen LogP contribution is -2.18. The van der Waals surface area contributed by atoms with Crippen LogP contribution in [-0.2, 0) is 0 Å². The summed E-state index contributed by atoms with van der Waals surface area (Å²) in [6.07, 6.45) is 9.11. The molecule has 0 saturated carbocycles. The van der Waals surface area contributed by atoms with Gasteiger partial charge in [-0.25, -0.2) is 0 Å². The minimum absolute atomic E-state index is 0.129. The highest BCUT2D eigenvalue weighted by atomic mass is 14.9. The molecule has 1 rings (SSSR count). The van der Waals surface area contributed by atoms with Crippen LogP contribution in [0.3, 0.4) is 0 Å². The number of nitrogens with zero attached hydrogens (tertiary/aromatic N) is 2. The Bertz CT molecular complexity index is 362. The Morgan fingerprint density at radius 2 is 2.29 bits per heavy atom. The lowest BCUT2D eigenvalue weighted by Gasteiger charge is -2.10. The molecule has 1 atom stereocenters. The monoisotopic (exact) mass is 233 g/mol. The molecular weight excluding hydrogens is 210 g/mol. The van der Waals surface area contributed by atoms with Gasteiger partial charge >= 0.3 is 0 Å². The standard InChI is InChI=1S/C14H23N3/c1-4-7-11-12(10-17-14(11)9-15)13(8-5-2)16-6-3/h6-7,10,14H,4-5,8-9,15H2,1-3H3/b11-7-,13-12-,16-6?. The van der Waals surface area contributed by atoms with Crippen molar-refractivity contribution in [3.05, 3.63) is 22.9 Å². The third-order valence-electron chi connectivity index (χ3n) is 2.78. The van der Waals surface area contributed by atoms with Crippen LogP contribution in [0.1, 0.15) is 40.0 Å². The van der Waals surface area contributed by atoms with Crippen molar-refractivity contribution in [1.29, 1.82) is 0 Å². The van der Waals surface area contributed by atoms with Gasteiger partial charge in [-0.2, -0.15) is 0 Å². The molecule has 0 amide bonds. The number of aliphatic imine (C=N–C) groups is 2. The van der Waals surface area contributed by atoms with Crippen LogP contribution in [0.2, 0.25) is 0 Å². The Hall–Kier alpha value is -1.22. The van der Waals surface area contributed by atoms with Gasteiger partial charge in [-0.1, -0.05) is 26.3 Å². The first-order valence-electron chi connectivity index (χ1n) is 6.43. The normalized spacial score (nSPS) is 25.2. The van der Waals surface area contributed by atoms with Crippen molar-refractivity contribution in [2.24, 2.45) is 15.7 Å². The molecule has 2 N–H and O–H groups in total. The molecule has 0 aromatic heterocycles. The second-order valence-corrected chi connectivity index (χ2v) is 4.10. The highest BCUT2D eigenvalue weighted by Crippen LogP contribution is 2.27. The summed E-state index contributed by atoms with van der Waals surface area (Å²) in [7, 11) is 0. The van der Waals surface area contributed by atoms with Crippen molar-refractivity contribution in [3.63, 3.8) is 0 Å². The summed E-state index contributed by atoms with van der Waals surface area (Å²) in [5.41, 5.74) is 9.32. The Balaban J connectivity index is 3.13. The van der Waals surface area contributed by atoms with E-state index in [1.807, 2.05) is 19.4 Å². The zero-order chi connectivity index (χ0) is 12.7. The van der Waals surface area contributed by atoms with Crippen LogP contribution in [0, 0.1) is 0 Å². The molecule has 3 heteroatoms. The van der Waals surface area contributed by atoms with Gasteiger partial charge in [-0.15, -0.1) is 0 Å². The fourth-order valence-corrected chi connectivity index (χ4v) is 2.06.